The monoisotopic (exact) mass is 255 g/mol. The maximum atomic E-state index is 11.8. The third-order valence-corrected chi connectivity index (χ3v) is 3.49. The Morgan fingerprint density at radius 3 is 2.83 bits per heavy atom. The van der Waals surface area contributed by atoms with E-state index in [1.807, 2.05) is 6.92 Å². The highest BCUT2D eigenvalue weighted by Crippen LogP contribution is 2.18. The Morgan fingerprint density at radius 2 is 2.22 bits per heavy atom. The number of morpholine rings is 1. The molecule has 5 nitrogen and oxygen atoms in total. The number of amides is 1. The van der Waals surface area contributed by atoms with E-state index in [0.717, 1.165) is 39.0 Å². The Morgan fingerprint density at radius 1 is 1.44 bits per heavy atom. The molecular weight excluding hydrogens is 230 g/mol. The van der Waals surface area contributed by atoms with Crippen LogP contribution in [0.15, 0.2) is 0 Å². The van der Waals surface area contributed by atoms with Gasteiger partial charge in [-0.25, -0.2) is 0 Å². The zero-order chi connectivity index (χ0) is 13.0. The van der Waals surface area contributed by atoms with Gasteiger partial charge in [0.15, 0.2) is 0 Å². The number of hydrogen-bond acceptors (Lipinski definition) is 4. The second-order valence-corrected chi connectivity index (χ2v) is 5.53. The van der Waals surface area contributed by atoms with Crippen molar-refractivity contribution in [2.24, 2.45) is 0 Å². The first kappa shape index (κ1) is 13.8. The number of carbonyl (C=O) groups is 1. The van der Waals surface area contributed by atoms with Crippen LogP contribution in [0.5, 0.6) is 0 Å². The molecule has 0 spiro atoms. The quantitative estimate of drug-likeness (QED) is 0.626. The van der Waals surface area contributed by atoms with E-state index in [-0.39, 0.29) is 11.9 Å². The molecule has 0 aromatic heterocycles. The van der Waals surface area contributed by atoms with Crippen molar-refractivity contribution in [2.45, 2.75) is 57.3 Å². The zero-order valence-corrected chi connectivity index (χ0v) is 11.4. The highest BCUT2D eigenvalue weighted by Gasteiger charge is 2.26. The number of carbonyl (C=O) groups excluding carboxylic acids is 1. The average Bonchev–Trinajstić information content (AvgIpc) is 3.14. The number of hydrogen-bond donors (Lipinski definition) is 3. The second kappa shape index (κ2) is 6.50. The van der Waals surface area contributed by atoms with Gasteiger partial charge in [-0.2, -0.15) is 0 Å². The fourth-order valence-corrected chi connectivity index (χ4v) is 2.32. The molecule has 5 heteroatoms. The van der Waals surface area contributed by atoms with Gasteiger partial charge in [-0.05, 0) is 33.1 Å². The summed E-state index contributed by atoms with van der Waals surface area (Å²) >= 11 is 0. The van der Waals surface area contributed by atoms with Gasteiger partial charge >= 0.3 is 0 Å². The fraction of sp³-hybridized carbons (Fsp3) is 0.923. The van der Waals surface area contributed by atoms with Crippen LogP contribution in [0.2, 0.25) is 0 Å². The Labute approximate surface area is 109 Å². The van der Waals surface area contributed by atoms with Gasteiger partial charge in [0, 0.05) is 24.7 Å². The first-order valence-corrected chi connectivity index (χ1v) is 7.02. The summed E-state index contributed by atoms with van der Waals surface area (Å²) in [5.41, 5.74) is 0. The third-order valence-electron chi connectivity index (χ3n) is 3.49. The molecule has 0 aromatic carbocycles. The number of nitrogens with one attached hydrogen (secondary N) is 3. The predicted octanol–water partition coefficient (Wildman–Crippen LogP) is 0.0101. The van der Waals surface area contributed by atoms with Gasteiger partial charge in [0.05, 0.1) is 19.3 Å². The molecule has 1 heterocycles. The van der Waals surface area contributed by atoms with Gasteiger partial charge in [0.2, 0.25) is 5.91 Å². The van der Waals surface area contributed by atoms with Gasteiger partial charge < -0.3 is 20.7 Å². The van der Waals surface area contributed by atoms with E-state index in [4.69, 9.17) is 4.74 Å². The van der Waals surface area contributed by atoms with Crippen LogP contribution < -0.4 is 16.0 Å². The van der Waals surface area contributed by atoms with E-state index in [1.165, 1.54) is 0 Å². The van der Waals surface area contributed by atoms with E-state index in [9.17, 15) is 4.79 Å². The van der Waals surface area contributed by atoms with Crippen LogP contribution >= 0.6 is 0 Å². The largest absolute Gasteiger partial charge is 0.379 e. The minimum atomic E-state index is -0.120. The molecule has 1 aliphatic carbocycles. The molecule has 2 aliphatic rings. The van der Waals surface area contributed by atoms with Gasteiger partial charge in [-0.3, -0.25) is 4.79 Å². The van der Waals surface area contributed by atoms with Crippen LogP contribution in [0.25, 0.3) is 0 Å². The van der Waals surface area contributed by atoms with Gasteiger partial charge in [0.1, 0.15) is 0 Å². The van der Waals surface area contributed by atoms with Gasteiger partial charge in [0.25, 0.3) is 0 Å². The van der Waals surface area contributed by atoms with Crippen LogP contribution in [0.4, 0.5) is 0 Å². The first-order chi connectivity index (χ1) is 8.65. The summed E-state index contributed by atoms with van der Waals surface area (Å²) in [7, 11) is 0. The maximum absolute atomic E-state index is 11.8. The van der Waals surface area contributed by atoms with Crippen LogP contribution in [-0.2, 0) is 9.53 Å². The van der Waals surface area contributed by atoms with E-state index in [0.29, 0.717) is 18.1 Å². The molecule has 1 saturated heterocycles. The van der Waals surface area contributed by atoms with E-state index in [2.05, 4.69) is 22.9 Å². The highest BCUT2D eigenvalue weighted by atomic mass is 16.5. The van der Waals surface area contributed by atoms with Crippen LogP contribution in [0.3, 0.4) is 0 Å². The summed E-state index contributed by atoms with van der Waals surface area (Å²) in [6.45, 7) is 6.55. The van der Waals surface area contributed by atoms with Crippen LogP contribution in [0.1, 0.15) is 33.1 Å². The molecular formula is C13H25N3O2. The molecule has 2 rings (SSSR count). The maximum Gasteiger partial charge on any atom is 0.237 e. The van der Waals surface area contributed by atoms with E-state index >= 15 is 0 Å². The highest BCUT2D eigenvalue weighted by molar-refractivity contribution is 5.81. The SMILES string of the molecule is CC(CC1COCCN1)NC(C)C(=O)NC1CC1. The van der Waals surface area contributed by atoms with Crippen molar-refractivity contribution in [1.29, 1.82) is 0 Å². The molecule has 3 unspecified atom stereocenters. The molecule has 18 heavy (non-hydrogen) atoms. The van der Waals surface area contributed by atoms with Crippen molar-refractivity contribution in [3.63, 3.8) is 0 Å². The summed E-state index contributed by atoms with van der Waals surface area (Å²) in [5, 5.41) is 9.80. The van der Waals surface area contributed by atoms with Crippen LogP contribution in [-0.4, -0.2) is 49.8 Å². The summed E-state index contributed by atoms with van der Waals surface area (Å²) in [6.07, 6.45) is 3.26. The molecule has 104 valence electrons. The Hall–Kier alpha value is -0.650. The topological polar surface area (TPSA) is 62.4 Å². The lowest BCUT2D eigenvalue weighted by Gasteiger charge is -2.28. The smallest absolute Gasteiger partial charge is 0.237 e. The van der Waals surface area contributed by atoms with Crippen molar-refractivity contribution in [3.05, 3.63) is 0 Å². The number of rotatable bonds is 6. The van der Waals surface area contributed by atoms with Crippen molar-refractivity contribution < 1.29 is 9.53 Å². The molecule has 1 amide bonds. The summed E-state index contributed by atoms with van der Waals surface area (Å²) in [5.74, 6) is 0.122. The average molecular weight is 255 g/mol. The summed E-state index contributed by atoms with van der Waals surface area (Å²) in [4.78, 5) is 11.8. The third kappa shape index (κ3) is 4.55. The Kier molecular flexibility index (Phi) is 4.97. The lowest BCUT2D eigenvalue weighted by atomic mass is 10.1. The molecule has 1 aliphatic heterocycles. The summed E-state index contributed by atoms with van der Waals surface area (Å²) < 4.78 is 5.43. The predicted molar refractivity (Wildman–Crippen MR) is 70.5 cm³/mol. The molecule has 3 atom stereocenters. The van der Waals surface area contributed by atoms with Crippen LogP contribution in [0, 0.1) is 0 Å². The first-order valence-electron chi connectivity index (χ1n) is 7.02. The molecule has 0 bridgehead atoms. The second-order valence-electron chi connectivity index (χ2n) is 5.53. The lowest BCUT2D eigenvalue weighted by molar-refractivity contribution is -0.123. The van der Waals surface area contributed by atoms with Crippen molar-refractivity contribution in [3.8, 4) is 0 Å². The molecule has 2 fully saturated rings. The zero-order valence-electron chi connectivity index (χ0n) is 11.4. The Balaban J connectivity index is 1.65. The van der Waals surface area contributed by atoms with Crippen molar-refractivity contribution >= 4 is 5.91 Å². The lowest BCUT2D eigenvalue weighted by Crippen LogP contribution is -2.50. The molecule has 3 N–H and O–H groups in total. The van der Waals surface area contributed by atoms with E-state index < -0.39 is 0 Å². The van der Waals surface area contributed by atoms with E-state index in [1.54, 1.807) is 0 Å². The minimum Gasteiger partial charge on any atom is -0.379 e. The van der Waals surface area contributed by atoms with Crippen molar-refractivity contribution in [2.75, 3.05) is 19.8 Å². The molecule has 0 aromatic rings. The van der Waals surface area contributed by atoms with Crippen molar-refractivity contribution in [1.82, 2.24) is 16.0 Å². The minimum absolute atomic E-state index is 0.120. The summed E-state index contributed by atoms with van der Waals surface area (Å²) in [6, 6.07) is 1.03. The Bertz CT molecular complexity index is 275. The van der Waals surface area contributed by atoms with Gasteiger partial charge in [-0.1, -0.05) is 0 Å². The standard InChI is InChI=1S/C13H25N3O2/c1-9(7-12-8-18-6-5-14-12)15-10(2)13(17)16-11-3-4-11/h9-12,14-15H,3-8H2,1-2H3,(H,16,17). The molecule has 0 radical (unpaired) electrons. The molecule has 1 saturated carbocycles. The number of ether oxygens (including phenoxy) is 1. The van der Waals surface area contributed by atoms with Gasteiger partial charge in [-0.15, -0.1) is 0 Å². The fourth-order valence-electron chi connectivity index (χ4n) is 2.32. The normalized spacial score (nSPS) is 27.6.